The van der Waals surface area contributed by atoms with Crippen LogP contribution in [0.25, 0.3) is 10.9 Å². The summed E-state index contributed by atoms with van der Waals surface area (Å²) in [5, 5.41) is 14.2. The number of nitrogens with one attached hydrogen (secondary N) is 1. The number of nitro benzene ring substituents is 1. The molecule has 0 radical (unpaired) electrons. The Balaban J connectivity index is 1.96. The Labute approximate surface area is 172 Å². The fraction of sp³-hybridized carbons (Fsp3) is 0.118. The van der Waals surface area contributed by atoms with Crippen molar-refractivity contribution in [2.75, 3.05) is 5.32 Å². The highest BCUT2D eigenvalue weighted by Crippen LogP contribution is 2.32. The molecule has 1 aromatic heterocycles. The molecule has 0 saturated heterocycles. The number of fused-ring (bicyclic) bond motifs is 1. The second-order valence-electron chi connectivity index (χ2n) is 5.83. The number of hydrogen-bond donors (Lipinski definition) is 1. The molecule has 1 heterocycles. The minimum Gasteiger partial charge on any atom is -0.323 e. The monoisotopic (exact) mass is 440 g/mol. The topological polar surface area (TPSA) is 107 Å². The van der Waals surface area contributed by atoms with E-state index in [1.807, 2.05) is 0 Å². The fourth-order valence-electron chi connectivity index (χ4n) is 2.50. The molecule has 0 unspecified atom stereocenters. The van der Waals surface area contributed by atoms with Crippen LogP contribution in [-0.4, -0.2) is 20.4 Å². The van der Waals surface area contributed by atoms with E-state index < -0.39 is 22.4 Å². The van der Waals surface area contributed by atoms with Crippen LogP contribution in [0.15, 0.2) is 41.5 Å². The first-order valence-electron chi connectivity index (χ1n) is 7.79. The Morgan fingerprint density at radius 3 is 2.54 bits per heavy atom. The van der Waals surface area contributed by atoms with E-state index in [4.69, 9.17) is 34.8 Å². The lowest BCUT2D eigenvalue weighted by Gasteiger charge is -2.16. The Morgan fingerprint density at radius 2 is 1.86 bits per heavy atom. The normalized spacial score (nSPS) is 12.0. The van der Waals surface area contributed by atoms with E-state index in [1.165, 1.54) is 37.5 Å². The molecular weight excluding hydrogens is 431 g/mol. The summed E-state index contributed by atoms with van der Waals surface area (Å²) >= 11 is 17.8. The molecule has 8 nitrogen and oxygen atoms in total. The molecule has 28 heavy (non-hydrogen) atoms. The van der Waals surface area contributed by atoms with Crippen molar-refractivity contribution in [3.05, 3.63) is 72.2 Å². The van der Waals surface area contributed by atoms with Crippen molar-refractivity contribution in [2.45, 2.75) is 13.0 Å². The van der Waals surface area contributed by atoms with Gasteiger partial charge in [-0.25, -0.2) is 4.98 Å². The van der Waals surface area contributed by atoms with Crippen molar-refractivity contribution in [1.29, 1.82) is 0 Å². The van der Waals surface area contributed by atoms with Gasteiger partial charge < -0.3 is 5.32 Å². The van der Waals surface area contributed by atoms with Gasteiger partial charge in [0, 0.05) is 12.1 Å². The van der Waals surface area contributed by atoms with Crippen molar-refractivity contribution >= 4 is 63.0 Å². The zero-order chi connectivity index (χ0) is 20.6. The van der Waals surface area contributed by atoms with Crippen molar-refractivity contribution in [1.82, 2.24) is 9.55 Å². The maximum absolute atomic E-state index is 12.7. The van der Waals surface area contributed by atoms with E-state index in [0.29, 0.717) is 0 Å². The van der Waals surface area contributed by atoms with Crippen LogP contribution in [0.3, 0.4) is 0 Å². The molecular formula is C17H11Cl3N4O4. The number of carbonyl (C=O) groups excluding carboxylic acids is 1. The molecule has 3 aromatic rings. The zero-order valence-electron chi connectivity index (χ0n) is 14.1. The minimum absolute atomic E-state index is 0.0314. The van der Waals surface area contributed by atoms with E-state index >= 15 is 0 Å². The van der Waals surface area contributed by atoms with Crippen LogP contribution in [0.1, 0.15) is 13.0 Å². The molecule has 3 rings (SSSR count). The number of benzene rings is 2. The second kappa shape index (κ2) is 7.75. The van der Waals surface area contributed by atoms with Crippen LogP contribution < -0.4 is 10.9 Å². The van der Waals surface area contributed by atoms with Crippen molar-refractivity contribution in [3.8, 4) is 0 Å². The van der Waals surface area contributed by atoms with Gasteiger partial charge in [-0.3, -0.25) is 24.3 Å². The first-order chi connectivity index (χ1) is 13.2. The van der Waals surface area contributed by atoms with E-state index in [0.717, 1.165) is 10.6 Å². The molecule has 0 aliphatic carbocycles. The number of halogens is 3. The molecule has 0 bridgehead atoms. The van der Waals surface area contributed by atoms with Crippen molar-refractivity contribution < 1.29 is 9.72 Å². The van der Waals surface area contributed by atoms with Gasteiger partial charge in [-0.05, 0) is 25.1 Å². The number of nitro groups is 1. The highest BCUT2D eigenvalue weighted by molar-refractivity contribution is 6.44. The van der Waals surface area contributed by atoms with Crippen molar-refractivity contribution in [2.24, 2.45) is 0 Å². The highest BCUT2D eigenvalue weighted by atomic mass is 35.5. The summed E-state index contributed by atoms with van der Waals surface area (Å²) in [6.07, 6.45) is 1.21. The standard InChI is InChI=1S/C17H11Cl3N4O4/c1-8(16(25)22-15-6-12(19)11(18)5-13(15)20)23-7-21-14-3-2-9(24(27)28)4-10(14)17(23)26/h2-8H,1H3,(H,22,25)/t8-/m0/s1. The van der Waals surface area contributed by atoms with Gasteiger partial charge >= 0.3 is 0 Å². The van der Waals surface area contributed by atoms with Gasteiger partial charge in [0.2, 0.25) is 5.91 Å². The molecule has 0 aliphatic heterocycles. The van der Waals surface area contributed by atoms with Gasteiger partial charge in [-0.1, -0.05) is 34.8 Å². The van der Waals surface area contributed by atoms with Crippen LogP contribution in [0.5, 0.6) is 0 Å². The second-order valence-corrected chi connectivity index (χ2v) is 7.05. The maximum atomic E-state index is 12.7. The van der Waals surface area contributed by atoms with Gasteiger partial charge in [0.15, 0.2) is 0 Å². The Bertz CT molecular complexity index is 1180. The number of carbonyl (C=O) groups is 1. The third-order valence-corrected chi connectivity index (χ3v) is 5.08. The highest BCUT2D eigenvalue weighted by Gasteiger charge is 2.20. The number of amides is 1. The van der Waals surface area contributed by atoms with E-state index in [-0.39, 0.29) is 37.3 Å². The number of aromatic nitrogens is 2. The Kier molecular flexibility index (Phi) is 5.55. The molecule has 1 amide bonds. The summed E-state index contributed by atoms with van der Waals surface area (Å²) in [4.78, 5) is 39.7. The summed E-state index contributed by atoms with van der Waals surface area (Å²) in [5.74, 6) is -0.561. The predicted octanol–water partition coefficient (Wildman–Crippen LogP) is 4.46. The van der Waals surface area contributed by atoms with Crippen molar-refractivity contribution in [3.63, 3.8) is 0 Å². The van der Waals surface area contributed by atoms with Crippen LogP contribution >= 0.6 is 34.8 Å². The van der Waals surface area contributed by atoms with E-state index in [9.17, 15) is 19.7 Å². The van der Waals surface area contributed by atoms with Gasteiger partial charge in [-0.15, -0.1) is 0 Å². The molecule has 144 valence electrons. The van der Waals surface area contributed by atoms with Crippen LogP contribution in [0.2, 0.25) is 15.1 Å². The molecule has 0 aliphatic rings. The van der Waals surface area contributed by atoms with Gasteiger partial charge in [0.05, 0.1) is 42.9 Å². The van der Waals surface area contributed by atoms with Gasteiger partial charge in [0.25, 0.3) is 11.2 Å². The Hall–Kier alpha value is -2.68. The van der Waals surface area contributed by atoms with Crippen LogP contribution in [0.4, 0.5) is 11.4 Å². The average Bonchev–Trinajstić information content (AvgIpc) is 2.65. The lowest BCUT2D eigenvalue weighted by atomic mass is 10.2. The molecule has 0 saturated carbocycles. The number of nitrogens with zero attached hydrogens (tertiary/aromatic N) is 3. The number of non-ortho nitro benzene ring substituents is 1. The summed E-state index contributed by atoms with van der Waals surface area (Å²) < 4.78 is 1.08. The molecule has 0 spiro atoms. The summed E-state index contributed by atoms with van der Waals surface area (Å²) in [6, 6.07) is 5.55. The maximum Gasteiger partial charge on any atom is 0.270 e. The number of anilines is 1. The van der Waals surface area contributed by atoms with Gasteiger partial charge in [0.1, 0.15) is 6.04 Å². The SMILES string of the molecule is C[C@@H](C(=O)Nc1cc(Cl)c(Cl)cc1Cl)n1cnc2ccc([N+](=O)[O-])cc2c1=O. The third kappa shape index (κ3) is 3.80. The fourth-order valence-corrected chi connectivity index (χ4v) is 3.09. The molecule has 11 heteroatoms. The quantitative estimate of drug-likeness (QED) is 0.365. The Morgan fingerprint density at radius 1 is 1.18 bits per heavy atom. The number of rotatable bonds is 4. The molecule has 2 aromatic carbocycles. The first-order valence-corrected chi connectivity index (χ1v) is 8.93. The summed E-state index contributed by atoms with van der Waals surface area (Å²) in [5.41, 5.74) is -0.322. The first kappa shape index (κ1) is 20.1. The smallest absolute Gasteiger partial charge is 0.270 e. The van der Waals surface area contributed by atoms with Crippen LogP contribution in [-0.2, 0) is 4.79 Å². The molecule has 1 atom stereocenters. The third-order valence-electron chi connectivity index (χ3n) is 4.04. The molecule has 0 fully saturated rings. The lowest BCUT2D eigenvalue weighted by Crippen LogP contribution is -2.31. The lowest BCUT2D eigenvalue weighted by molar-refractivity contribution is -0.384. The summed E-state index contributed by atoms with van der Waals surface area (Å²) in [7, 11) is 0. The largest absolute Gasteiger partial charge is 0.323 e. The van der Waals surface area contributed by atoms with E-state index in [2.05, 4.69) is 10.3 Å². The average molecular weight is 442 g/mol. The number of hydrogen-bond acceptors (Lipinski definition) is 5. The predicted molar refractivity (Wildman–Crippen MR) is 107 cm³/mol. The van der Waals surface area contributed by atoms with Crippen LogP contribution in [0, 0.1) is 10.1 Å². The minimum atomic E-state index is -0.978. The van der Waals surface area contributed by atoms with Gasteiger partial charge in [-0.2, -0.15) is 0 Å². The zero-order valence-corrected chi connectivity index (χ0v) is 16.4. The molecule has 1 N–H and O–H groups in total. The summed E-state index contributed by atoms with van der Waals surface area (Å²) in [6.45, 7) is 1.48. The van der Waals surface area contributed by atoms with E-state index in [1.54, 1.807) is 0 Å².